The topological polar surface area (TPSA) is 95.9 Å². The second-order valence-electron chi connectivity index (χ2n) is 30.2. The number of hydrogen-bond acceptors (Lipinski definition) is 5. The van der Waals surface area contributed by atoms with Gasteiger partial charge in [-0.1, -0.05) is 455 Å². The summed E-state index contributed by atoms with van der Waals surface area (Å²) in [6.45, 7) is 4.97. The summed E-state index contributed by atoms with van der Waals surface area (Å²) >= 11 is 0. The van der Waals surface area contributed by atoms with Crippen molar-refractivity contribution in [2.45, 2.75) is 508 Å². The maximum absolute atomic E-state index is 12.6. The monoisotopic (exact) mass is 1330 g/mol. The van der Waals surface area contributed by atoms with Gasteiger partial charge in [0, 0.05) is 12.8 Å². The van der Waals surface area contributed by atoms with Crippen molar-refractivity contribution in [1.82, 2.24) is 5.32 Å². The molecule has 0 fully saturated rings. The number of allylic oxidation sites excluding steroid dienone is 5. The molecule has 0 aliphatic rings. The van der Waals surface area contributed by atoms with E-state index in [9.17, 15) is 19.8 Å². The molecule has 0 bridgehead atoms. The highest BCUT2D eigenvalue weighted by molar-refractivity contribution is 5.76. The Morgan fingerprint density at radius 2 is 0.526 bits per heavy atom. The molecule has 6 nitrogen and oxygen atoms in total. The number of ether oxygens (including phenoxy) is 1. The Hall–Kier alpha value is -1.92. The predicted molar refractivity (Wildman–Crippen MR) is 421 cm³/mol. The molecule has 0 saturated heterocycles. The first-order chi connectivity index (χ1) is 47.0. The molecule has 6 heteroatoms. The highest BCUT2D eigenvalue weighted by Gasteiger charge is 2.18. The van der Waals surface area contributed by atoms with Crippen LogP contribution in [0, 0.1) is 0 Å². The third-order valence-electron chi connectivity index (χ3n) is 20.7. The Labute approximate surface area is 595 Å². The van der Waals surface area contributed by atoms with Gasteiger partial charge in [-0.3, -0.25) is 9.59 Å². The lowest BCUT2D eigenvalue weighted by atomic mass is 10.0. The lowest BCUT2D eigenvalue weighted by Gasteiger charge is -2.20. The predicted octanol–water partition coefficient (Wildman–Crippen LogP) is 29.3. The van der Waals surface area contributed by atoms with E-state index in [0.717, 1.165) is 44.9 Å². The summed E-state index contributed by atoms with van der Waals surface area (Å²) in [5.41, 5.74) is 0. The first kappa shape index (κ1) is 93.1. The van der Waals surface area contributed by atoms with Crippen LogP contribution in [0.15, 0.2) is 36.5 Å². The zero-order valence-electron chi connectivity index (χ0n) is 64.7. The minimum atomic E-state index is -0.844. The molecule has 3 N–H and O–H groups in total. The standard InChI is InChI=1S/C89H171NO5/c1-3-5-7-9-11-13-15-17-19-20-21-22-23-41-44-47-50-54-57-61-65-69-73-77-81-87(92)86(85-91)90-88(93)82-78-74-70-66-62-58-55-51-48-45-42-39-37-35-33-31-29-27-25-24-26-28-30-32-34-36-38-40-43-46-49-52-56-60-64-68-72-76-80-84-95-89(94)83-79-75-71-67-63-59-53-18-16-14-12-10-8-6-4-2/h24-25,28,30,77,81,86-87,91-92H,3-23,26-27,29,31-76,78-80,82-85H2,1-2H3,(H,90,93)/b25-24-,30-28-,81-77+. The van der Waals surface area contributed by atoms with Gasteiger partial charge in [0.1, 0.15) is 0 Å². The van der Waals surface area contributed by atoms with E-state index in [1.165, 1.54) is 424 Å². The molecule has 0 aromatic heterocycles. The van der Waals surface area contributed by atoms with Gasteiger partial charge in [-0.05, 0) is 64.2 Å². The second kappa shape index (κ2) is 84.5. The molecule has 562 valence electrons. The van der Waals surface area contributed by atoms with E-state index in [4.69, 9.17) is 4.74 Å². The largest absolute Gasteiger partial charge is 0.466 e. The molecule has 0 aliphatic heterocycles. The number of rotatable bonds is 83. The van der Waals surface area contributed by atoms with Crippen LogP contribution in [0.25, 0.3) is 0 Å². The summed E-state index contributed by atoms with van der Waals surface area (Å²) in [7, 11) is 0. The lowest BCUT2D eigenvalue weighted by Crippen LogP contribution is -2.45. The van der Waals surface area contributed by atoms with E-state index < -0.39 is 12.1 Å². The van der Waals surface area contributed by atoms with Crippen molar-refractivity contribution in [3.8, 4) is 0 Å². The molecule has 0 heterocycles. The molecule has 0 aromatic rings. The summed E-state index contributed by atoms with van der Waals surface area (Å²) in [5, 5.41) is 23.3. The zero-order chi connectivity index (χ0) is 68.4. The maximum atomic E-state index is 12.6. The second-order valence-corrected chi connectivity index (χ2v) is 30.2. The van der Waals surface area contributed by atoms with Crippen LogP contribution in [-0.4, -0.2) is 47.4 Å². The molecule has 2 atom stereocenters. The highest BCUT2D eigenvalue weighted by Crippen LogP contribution is 2.21. The van der Waals surface area contributed by atoms with E-state index >= 15 is 0 Å². The number of esters is 1. The average molecular weight is 1340 g/mol. The van der Waals surface area contributed by atoms with Crippen LogP contribution in [0.1, 0.15) is 495 Å². The van der Waals surface area contributed by atoms with Crippen LogP contribution in [-0.2, 0) is 14.3 Å². The van der Waals surface area contributed by atoms with Crippen LogP contribution in [0.2, 0.25) is 0 Å². The average Bonchev–Trinajstić information content (AvgIpc) is 3.06. The van der Waals surface area contributed by atoms with Crippen LogP contribution >= 0.6 is 0 Å². The van der Waals surface area contributed by atoms with E-state index in [2.05, 4.69) is 43.5 Å². The Kier molecular flexibility index (Phi) is 82.8. The summed E-state index contributed by atoms with van der Waals surface area (Å²) < 4.78 is 5.51. The molecule has 0 spiro atoms. The van der Waals surface area contributed by atoms with Crippen molar-refractivity contribution in [3.63, 3.8) is 0 Å². The van der Waals surface area contributed by atoms with Gasteiger partial charge < -0.3 is 20.3 Å². The van der Waals surface area contributed by atoms with Gasteiger partial charge in [0.2, 0.25) is 5.91 Å². The fraction of sp³-hybridized carbons (Fsp3) is 0.910. The summed E-state index contributed by atoms with van der Waals surface area (Å²) in [5.74, 6) is -0.0354. The number of aliphatic hydroxyl groups excluding tert-OH is 2. The molecule has 0 radical (unpaired) electrons. The molecule has 0 rings (SSSR count). The fourth-order valence-corrected chi connectivity index (χ4v) is 14.0. The number of aliphatic hydroxyl groups is 2. The minimum Gasteiger partial charge on any atom is -0.466 e. The van der Waals surface area contributed by atoms with Gasteiger partial charge in [-0.2, -0.15) is 0 Å². The van der Waals surface area contributed by atoms with Crippen LogP contribution in [0.5, 0.6) is 0 Å². The van der Waals surface area contributed by atoms with Crippen molar-refractivity contribution in [1.29, 1.82) is 0 Å². The third kappa shape index (κ3) is 80.9. The van der Waals surface area contributed by atoms with Gasteiger partial charge in [0.15, 0.2) is 0 Å². The van der Waals surface area contributed by atoms with Gasteiger partial charge >= 0.3 is 5.97 Å². The zero-order valence-corrected chi connectivity index (χ0v) is 64.7. The minimum absolute atomic E-state index is 0.0240. The van der Waals surface area contributed by atoms with E-state index in [1.54, 1.807) is 6.08 Å². The first-order valence-corrected chi connectivity index (χ1v) is 43.8. The first-order valence-electron chi connectivity index (χ1n) is 43.8. The molecule has 0 aliphatic carbocycles. The van der Waals surface area contributed by atoms with Crippen molar-refractivity contribution in [2.75, 3.05) is 13.2 Å². The number of nitrogens with one attached hydrogen (secondary N) is 1. The molecule has 0 aromatic carbocycles. The van der Waals surface area contributed by atoms with Gasteiger partial charge in [0.05, 0.1) is 25.4 Å². The SMILES string of the molecule is CCCCCCCCCCCCCCCCCCCCCCCC/C=C/C(O)C(CO)NC(=O)CCCCCCCCCCCCCCCCCCC/C=C\C/C=C\CCCCCCCCCCCCCCCCCOC(=O)CCCCCCCCCCCCCCCCC. The molecule has 1 amide bonds. The number of carbonyl (C=O) groups excluding carboxylic acids is 2. The fourth-order valence-electron chi connectivity index (χ4n) is 14.0. The molecule has 2 unspecified atom stereocenters. The smallest absolute Gasteiger partial charge is 0.305 e. The van der Waals surface area contributed by atoms with E-state index in [1.807, 2.05) is 6.08 Å². The third-order valence-corrected chi connectivity index (χ3v) is 20.7. The van der Waals surface area contributed by atoms with E-state index in [0.29, 0.717) is 19.4 Å². The van der Waals surface area contributed by atoms with Gasteiger partial charge in [-0.15, -0.1) is 0 Å². The summed E-state index contributed by atoms with van der Waals surface area (Å²) in [6, 6.07) is -0.627. The number of amides is 1. The highest BCUT2D eigenvalue weighted by atomic mass is 16.5. The Balaban J connectivity index is 3.37. The Morgan fingerprint density at radius 1 is 0.295 bits per heavy atom. The molecular weight excluding hydrogens is 1160 g/mol. The Morgan fingerprint density at radius 3 is 0.800 bits per heavy atom. The number of hydrogen-bond donors (Lipinski definition) is 3. The number of unbranched alkanes of at least 4 members (excludes halogenated alkanes) is 68. The van der Waals surface area contributed by atoms with Crippen LogP contribution in [0.4, 0.5) is 0 Å². The van der Waals surface area contributed by atoms with E-state index in [-0.39, 0.29) is 18.5 Å². The summed E-state index contributed by atoms with van der Waals surface area (Å²) in [6.07, 6.45) is 112. The quantitative estimate of drug-likeness (QED) is 0.0320. The van der Waals surface area contributed by atoms with Crippen LogP contribution in [0.3, 0.4) is 0 Å². The van der Waals surface area contributed by atoms with Crippen LogP contribution < -0.4 is 5.32 Å². The van der Waals surface area contributed by atoms with Crippen molar-refractivity contribution >= 4 is 11.9 Å². The van der Waals surface area contributed by atoms with Crippen molar-refractivity contribution in [2.24, 2.45) is 0 Å². The number of carbonyl (C=O) groups is 2. The lowest BCUT2D eigenvalue weighted by molar-refractivity contribution is -0.143. The van der Waals surface area contributed by atoms with Gasteiger partial charge in [0.25, 0.3) is 0 Å². The normalized spacial score (nSPS) is 12.6. The van der Waals surface area contributed by atoms with Gasteiger partial charge in [-0.25, -0.2) is 0 Å². The Bertz CT molecular complexity index is 1540. The molecular formula is C89H171NO5. The summed E-state index contributed by atoms with van der Waals surface area (Å²) in [4.78, 5) is 24.7. The van der Waals surface area contributed by atoms with Crippen molar-refractivity contribution in [3.05, 3.63) is 36.5 Å². The maximum Gasteiger partial charge on any atom is 0.305 e. The molecule has 95 heavy (non-hydrogen) atoms. The molecule has 0 saturated carbocycles. The van der Waals surface area contributed by atoms with Crippen molar-refractivity contribution < 1.29 is 24.5 Å².